The van der Waals surface area contributed by atoms with Gasteiger partial charge in [-0.05, 0) is 26.2 Å². The maximum Gasteiger partial charge on any atom is 0.332 e. The van der Waals surface area contributed by atoms with E-state index in [1.807, 2.05) is 11.8 Å². The average molecular weight is 352 g/mol. The van der Waals surface area contributed by atoms with Gasteiger partial charge in [-0.2, -0.15) is 0 Å². The summed E-state index contributed by atoms with van der Waals surface area (Å²) in [7, 11) is 3.12. The smallest absolute Gasteiger partial charge is 0.332 e. The van der Waals surface area contributed by atoms with Gasteiger partial charge in [0.25, 0.3) is 5.56 Å². The van der Waals surface area contributed by atoms with Gasteiger partial charge in [-0.15, -0.1) is 0 Å². The summed E-state index contributed by atoms with van der Waals surface area (Å²) in [5.74, 6) is 0.489. The number of anilines is 1. The van der Waals surface area contributed by atoms with Crippen molar-refractivity contribution in [2.24, 2.45) is 13.0 Å². The normalized spacial score (nSPS) is 17.6. The molecule has 1 aromatic rings. The van der Waals surface area contributed by atoms with E-state index in [1.54, 1.807) is 11.7 Å². The van der Waals surface area contributed by atoms with E-state index < -0.39 is 0 Å². The van der Waals surface area contributed by atoms with Crippen molar-refractivity contribution in [1.29, 1.82) is 0 Å². The maximum atomic E-state index is 12.4. The molecule has 1 aliphatic heterocycles. The van der Waals surface area contributed by atoms with Gasteiger partial charge in [0, 0.05) is 53.0 Å². The zero-order chi connectivity index (χ0) is 18.4. The van der Waals surface area contributed by atoms with Crippen molar-refractivity contribution in [2.45, 2.75) is 32.7 Å². The van der Waals surface area contributed by atoms with Gasteiger partial charge in [-0.25, -0.2) is 4.79 Å². The monoisotopic (exact) mass is 352 g/mol. The molecule has 2 rings (SSSR count). The van der Waals surface area contributed by atoms with Crippen LogP contribution in [0.4, 0.5) is 5.82 Å². The number of piperidine rings is 1. The van der Waals surface area contributed by atoms with Crippen LogP contribution < -0.4 is 21.5 Å². The minimum Gasteiger partial charge on any atom is -0.385 e. The molecular weight excluding hydrogens is 324 g/mol. The molecular formula is C17H28N4O4. The van der Waals surface area contributed by atoms with Gasteiger partial charge in [-0.3, -0.25) is 18.7 Å². The Balaban J connectivity index is 2.12. The first-order chi connectivity index (χ1) is 12.0. The van der Waals surface area contributed by atoms with Gasteiger partial charge < -0.3 is 15.0 Å². The van der Waals surface area contributed by atoms with Crippen LogP contribution in [0.3, 0.4) is 0 Å². The Morgan fingerprint density at radius 1 is 1.40 bits per heavy atom. The third-order valence-electron chi connectivity index (χ3n) is 4.63. The van der Waals surface area contributed by atoms with Crippen LogP contribution in [-0.2, 0) is 23.1 Å². The Hall–Kier alpha value is -2.09. The molecule has 1 amide bonds. The fourth-order valence-corrected chi connectivity index (χ4v) is 3.19. The lowest BCUT2D eigenvalue weighted by atomic mass is 9.97. The number of hydrogen-bond donors (Lipinski definition) is 1. The number of rotatable bonds is 7. The predicted octanol–water partition coefficient (Wildman–Crippen LogP) is -0.0640. The van der Waals surface area contributed by atoms with Crippen molar-refractivity contribution in [3.8, 4) is 0 Å². The molecule has 0 unspecified atom stereocenters. The molecule has 0 spiro atoms. The van der Waals surface area contributed by atoms with Crippen molar-refractivity contribution >= 4 is 11.7 Å². The van der Waals surface area contributed by atoms with Crippen molar-refractivity contribution in [1.82, 2.24) is 14.5 Å². The number of amides is 1. The molecule has 0 saturated carbocycles. The van der Waals surface area contributed by atoms with E-state index in [0.717, 1.165) is 30.4 Å². The van der Waals surface area contributed by atoms with Gasteiger partial charge in [0.2, 0.25) is 5.91 Å². The molecule has 1 saturated heterocycles. The fraction of sp³-hybridized carbons (Fsp3) is 0.706. The number of nitrogens with zero attached hydrogens (tertiary/aromatic N) is 3. The molecule has 0 aromatic carbocycles. The van der Waals surface area contributed by atoms with Crippen molar-refractivity contribution in [2.75, 3.05) is 38.3 Å². The fourth-order valence-electron chi connectivity index (χ4n) is 3.19. The first-order valence-corrected chi connectivity index (χ1v) is 8.82. The molecule has 25 heavy (non-hydrogen) atoms. The van der Waals surface area contributed by atoms with E-state index in [0.29, 0.717) is 32.1 Å². The highest BCUT2D eigenvalue weighted by atomic mass is 16.5. The predicted molar refractivity (Wildman–Crippen MR) is 96.1 cm³/mol. The lowest BCUT2D eigenvalue weighted by Crippen LogP contribution is -2.47. The van der Waals surface area contributed by atoms with Crippen LogP contribution in [0.25, 0.3) is 0 Å². The first-order valence-electron chi connectivity index (χ1n) is 8.82. The zero-order valence-corrected chi connectivity index (χ0v) is 15.3. The number of methoxy groups -OCH3 is 1. The third-order valence-corrected chi connectivity index (χ3v) is 4.63. The minimum absolute atomic E-state index is 0.0232. The van der Waals surface area contributed by atoms with Gasteiger partial charge >= 0.3 is 5.69 Å². The van der Waals surface area contributed by atoms with Crippen LogP contribution in [0.1, 0.15) is 26.2 Å². The summed E-state index contributed by atoms with van der Waals surface area (Å²) in [6.07, 6.45) is 2.44. The maximum absolute atomic E-state index is 12.4. The lowest BCUT2D eigenvalue weighted by molar-refractivity contribution is -0.125. The molecule has 8 heteroatoms. The molecule has 0 radical (unpaired) electrons. The van der Waals surface area contributed by atoms with Gasteiger partial charge in [0.15, 0.2) is 0 Å². The Kier molecular flexibility index (Phi) is 6.81. The zero-order valence-electron chi connectivity index (χ0n) is 15.3. The summed E-state index contributed by atoms with van der Waals surface area (Å²) in [5, 5.41) is 2.94. The van der Waals surface area contributed by atoms with Gasteiger partial charge in [0.05, 0.1) is 5.92 Å². The Bertz CT molecular complexity index is 710. The molecule has 0 aliphatic carbocycles. The number of carbonyl (C=O) groups excluding carboxylic acids is 1. The summed E-state index contributed by atoms with van der Waals surface area (Å²) >= 11 is 0. The van der Waals surface area contributed by atoms with Gasteiger partial charge in [-0.1, -0.05) is 0 Å². The molecule has 8 nitrogen and oxygen atoms in total. The van der Waals surface area contributed by atoms with E-state index in [1.165, 1.54) is 13.1 Å². The SMILES string of the molecule is CCn1c(N2CCC[C@@H](C(=O)NCCCOC)C2)cc(=O)n(C)c1=O. The van der Waals surface area contributed by atoms with Crippen molar-refractivity contribution < 1.29 is 9.53 Å². The summed E-state index contributed by atoms with van der Waals surface area (Å²) in [5.41, 5.74) is -0.646. The summed E-state index contributed by atoms with van der Waals surface area (Å²) in [6.45, 7) is 4.82. The molecule has 0 bridgehead atoms. The Morgan fingerprint density at radius 2 is 2.16 bits per heavy atom. The minimum atomic E-state index is -0.323. The van der Waals surface area contributed by atoms with E-state index in [2.05, 4.69) is 5.32 Å². The second-order valence-corrected chi connectivity index (χ2v) is 6.35. The molecule has 1 aliphatic rings. The topological polar surface area (TPSA) is 85.6 Å². The Morgan fingerprint density at radius 3 is 2.84 bits per heavy atom. The van der Waals surface area contributed by atoms with Crippen molar-refractivity contribution in [3.63, 3.8) is 0 Å². The van der Waals surface area contributed by atoms with Crippen LogP contribution in [0.15, 0.2) is 15.7 Å². The summed E-state index contributed by atoms with van der Waals surface area (Å²) in [6, 6.07) is 1.49. The van der Waals surface area contributed by atoms with E-state index in [4.69, 9.17) is 4.74 Å². The number of nitrogens with one attached hydrogen (secondary N) is 1. The molecule has 2 heterocycles. The largest absolute Gasteiger partial charge is 0.385 e. The second-order valence-electron chi connectivity index (χ2n) is 6.35. The van der Waals surface area contributed by atoms with Crippen LogP contribution in [0, 0.1) is 5.92 Å². The molecule has 1 aromatic heterocycles. The molecule has 1 N–H and O–H groups in total. The highest BCUT2D eigenvalue weighted by molar-refractivity contribution is 5.79. The average Bonchev–Trinajstić information content (AvgIpc) is 2.63. The third kappa shape index (κ3) is 4.50. The van der Waals surface area contributed by atoms with Crippen molar-refractivity contribution in [3.05, 3.63) is 26.9 Å². The Labute approximate surface area is 147 Å². The quantitative estimate of drug-likeness (QED) is 0.695. The number of ether oxygens (including phenoxy) is 1. The molecule has 1 atom stereocenters. The summed E-state index contributed by atoms with van der Waals surface area (Å²) < 4.78 is 7.67. The van der Waals surface area contributed by atoms with E-state index in [9.17, 15) is 14.4 Å². The number of carbonyl (C=O) groups is 1. The van der Waals surface area contributed by atoms with Crippen LogP contribution in [0.2, 0.25) is 0 Å². The standard InChI is InChI=1S/C17H28N4O4/c1-4-21-14(11-15(22)19(2)17(21)24)20-9-5-7-13(12-20)16(23)18-8-6-10-25-3/h11,13H,4-10,12H2,1-3H3,(H,18,23)/t13-/m1/s1. The highest BCUT2D eigenvalue weighted by Crippen LogP contribution is 2.21. The number of aromatic nitrogens is 2. The number of hydrogen-bond acceptors (Lipinski definition) is 5. The van der Waals surface area contributed by atoms with E-state index in [-0.39, 0.29) is 23.1 Å². The highest BCUT2D eigenvalue weighted by Gasteiger charge is 2.27. The summed E-state index contributed by atoms with van der Waals surface area (Å²) in [4.78, 5) is 38.7. The second kappa shape index (κ2) is 8.84. The van der Waals surface area contributed by atoms with Gasteiger partial charge in [0.1, 0.15) is 5.82 Å². The first kappa shape index (κ1) is 19.2. The van der Waals surface area contributed by atoms with E-state index >= 15 is 0 Å². The lowest BCUT2D eigenvalue weighted by Gasteiger charge is -2.34. The van der Waals surface area contributed by atoms with Crippen LogP contribution in [0.5, 0.6) is 0 Å². The van der Waals surface area contributed by atoms with Crippen LogP contribution >= 0.6 is 0 Å². The molecule has 1 fully saturated rings. The van der Waals surface area contributed by atoms with Crippen LogP contribution in [-0.4, -0.2) is 48.4 Å². The molecule has 140 valence electrons.